The zero-order valence-electron chi connectivity index (χ0n) is 15.4. The summed E-state index contributed by atoms with van der Waals surface area (Å²) < 4.78 is 10.9. The van der Waals surface area contributed by atoms with Crippen LogP contribution in [0.25, 0.3) is 11.0 Å². The molecule has 5 nitrogen and oxygen atoms in total. The first-order valence-corrected chi connectivity index (χ1v) is 9.13. The fourth-order valence-corrected chi connectivity index (χ4v) is 3.88. The number of hydrogen-bond donors (Lipinski definition) is 1. The maximum absolute atomic E-state index is 5.56. The van der Waals surface area contributed by atoms with Gasteiger partial charge >= 0.3 is 0 Å². The number of piperidine rings is 1. The molecular formula is C21H25N3O2. The Balaban J connectivity index is 1.50. The molecule has 0 spiro atoms. The van der Waals surface area contributed by atoms with E-state index in [2.05, 4.69) is 33.1 Å². The van der Waals surface area contributed by atoms with Crippen LogP contribution in [0.5, 0.6) is 11.5 Å². The molecule has 0 aliphatic carbocycles. The van der Waals surface area contributed by atoms with Gasteiger partial charge in [0.2, 0.25) is 0 Å². The topological polar surface area (TPSA) is 50.4 Å². The first-order chi connectivity index (χ1) is 12.8. The molecule has 1 aromatic carbocycles. The van der Waals surface area contributed by atoms with Crippen LogP contribution in [0.15, 0.2) is 42.6 Å². The molecule has 1 aliphatic heterocycles. The van der Waals surface area contributed by atoms with E-state index >= 15 is 0 Å². The van der Waals surface area contributed by atoms with Gasteiger partial charge < -0.3 is 14.5 Å². The molecule has 2 aromatic heterocycles. The number of nitrogens with one attached hydrogen (secondary N) is 1. The van der Waals surface area contributed by atoms with Gasteiger partial charge in [-0.1, -0.05) is 6.07 Å². The van der Waals surface area contributed by atoms with E-state index in [9.17, 15) is 0 Å². The second-order valence-corrected chi connectivity index (χ2v) is 6.92. The van der Waals surface area contributed by atoms with Crippen LogP contribution in [0.4, 0.5) is 0 Å². The van der Waals surface area contributed by atoms with Gasteiger partial charge in [-0.3, -0.25) is 4.90 Å². The number of H-pyrrole nitrogens is 1. The Labute approximate surface area is 153 Å². The number of rotatable bonds is 5. The quantitative estimate of drug-likeness (QED) is 0.756. The van der Waals surface area contributed by atoms with E-state index in [1.165, 1.54) is 29.5 Å². The van der Waals surface area contributed by atoms with Crippen LogP contribution in [-0.4, -0.2) is 42.2 Å². The minimum Gasteiger partial charge on any atom is -0.497 e. The van der Waals surface area contributed by atoms with Crippen molar-refractivity contribution in [3.63, 3.8) is 0 Å². The van der Waals surface area contributed by atoms with Crippen LogP contribution >= 0.6 is 0 Å². The molecule has 5 heteroatoms. The third-order valence-corrected chi connectivity index (χ3v) is 5.25. The standard InChI is InChI=1S/C21H25N3O2/c1-25-18-8-7-17(20(12-18)26-2)14-24-10-4-6-16(13-24)19-11-15-5-3-9-22-21(15)23-19/h3,5,7-9,11-12,16H,4,6,10,13-14H2,1-2H3,(H,22,23)/t16-/m1/s1. The summed E-state index contributed by atoms with van der Waals surface area (Å²) in [5.74, 6) is 2.23. The van der Waals surface area contributed by atoms with Gasteiger partial charge in [0.15, 0.2) is 0 Å². The van der Waals surface area contributed by atoms with Crippen molar-refractivity contribution < 1.29 is 9.47 Å². The zero-order valence-corrected chi connectivity index (χ0v) is 15.4. The molecule has 26 heavy (non-hydrogen) atoms. The summed E-state index contributed by atoms with van der Waals surface area (Å²) in [5.41, 5.74) is 3.48. The largest absolute Gasteiger partial charge is 0.497 e. The van der Waals surface area contributed by atoms with Crippen molar-refractivity contribution in [2.45, 2.75) is 25.3 Å². The number of methoxy groups -OCH3 is 2. The SMILES string of the molecule is COc1ccc(CN2CCC[C@@H](c3cc4cccnc4[nH]3)C2)c(OC)c1. The summed E-state index contributed by atoms with van der Waals surface area (Å²) in [6, 6.07) is 12.4. The number of benzene rings is 1. The highest BCUT2D eigenvalue weighted by Gasteiger charge is 2.23. The molecule has 136 valence electrons. The lowest BCUT2D eigenvalue weighted by molar-refractivity contribution is 0.196. The second kappa shape index (κ2) is 7.38. The Morgan fingerprint density at radius 2 is 2.12 bits per heavy atom. The van der Waals surface area contributed by atoms with Gasteiger partial charge in [0.05, 0.1) is 14.2 Å². The molecule has 4 rings (SSSR count). The van der Waals surface area contributed by atoms with Crippen molar-refractivity contribution in [1.82, 2.24) is 14.9 Å². The number of nitrogens with zero attached hydrogens (tertiary/aromatic N) is 2. The molecule has 1 atom stereocenters. The molecule has 3 heterocycles. The fraction of sp³-hybridized carbons (Fsp3) is 0.381. The number of fused-ring (bicyclic) bond motifs is 1. The van der Waals surface area contributed by atoms with E-state index in [-0.39, 0.29) is 0 Å². The maximum Gasteiger partial charge on any atom is 0.137 e. The molecule has 3 aromatic rings. The maximum atomic E-state index is 5.56. The van der Waals surface area contributed by atoms with Gasteiger partial charge in [-0.25, -0.2) is 4.98 Å². The van der Waals surface area contributed by atoms with E-state index in [1.54, 1.807) is 14.2 Å². The van der Waals surface area contributed by atoms with Gasteiger partial charge in [-0.15, -0.1) is 0 Å². The molecule has 1 N–H and O–H groups in total. The normalized spacial score (nSPS) is 18.2. The number of pyridine rings is 1. The number of aromatic amines is 1. The summed E-state index contributed by atoms with van der Waals surface area (Å²) >= 11 is 0. The van der Waals surface area contributed by atoms with Crippen LogP contribution in [0.1, 0.15) is 30.0 Å². The Hall–Kier alpha value is -2.53. The lowest BCUT2D eigenvalue weighted by Gasteiger charge is -2.32. The van der Waals surface area contributed by atoms with Crippen LogP contribution in [-0.2, 0) is 6.54 Å². The van der Waals surface area contributed by atoms with E-state index in [0.29, 0.717) is 5.92 Å². The van der Waals surface area contributed by atoms with E-state index in [4.69, 9.17) is 9.47 Å². The van der Waals surface area contributed by atoms with Crippen molar-refractivity contribution in [2.75, 3.05) is 27.3 Å². The monoisotopic (exact) mass is 351 g/mol. The van der Waals surface area contributed by atoms with Crippen molar-refractivity contribution in [3.8, 4) is 11.5 Å². The first-order valence-electron chi connectivity index (χ1n) is 9.13. The van der Waals surface area contributed by atoms with E-state index in [1.807, 2.05) is 24.4 Å². The summed E-state index contributed by atoms with van der Waals surface area (Å²) in [6.07, 6.45) is 4.25. The smallest absolute Gasteiger partial charge is 0.137 e. The molecule has 1 saturated heterocycles. The zero-order chi connectivity index (χ0) is 17.9. The predicted molar refractivity (Wildman–Crippen MR) is 103 cm³/mol. The first kappa shape index (κ1) is 16.9. The Bertz CT molecular complexity index is 857. The number of likely N-dealkylation sites (tertiary alicyclic amines) is 1. The molecule has 0 radical (unpaired) electrons. The number of ether oxygens (including phenoxy) is 2. The Kier molecular flexibility index (Phi) is 4.80. The molecule has 0 saturated carbocycles. The Morgan fingerprint density at radius 3 is 2.92 bits per heavy atom. The summed E-state index contributed by atoms with van der Waals surface area (Å²) in [7, 11) is 3.40. The highest BCUT2D eigenvalue weighted by Crippen LogP contribution is 2.31. The Morgan fingerprint density at radius 1 is 1.19 bits per heavy atom. The third-order valence-electron chi connectivity index (χ3n) is 5.25. The molecule has 0 amide bonds. The molecule has 1 aliphatic rings. The van der Waals surface area contributed by atoms with E-state index in [0.717, 1.165) is 36.8 Å². The van der Waals surface area contributed by atoms with Crippen molar-refractivity contribution in [2.24, 2.45) is 0 Å². The summed E-state index contributed by atoms with van der Waals surface area (Å²) in [5, 5.41) is 1.19. The summed E-state index contributed by atoms with van der Waals surface area (Å²) in [4.78, 5) is 10.4. The molecular weight excluding hydrogens is 326 g/mol. The second-order valence-electron chi connectivity index (χ2n) is 6.92. The van der Waals surface area contributed by atoms with Gasteiger partial charge in [0.1, 0.15) is 17.1 Å². The van der Waals surface area contributed by atoms with E-state index < -0.39 is 0 Å². The van der Waals surface area contributed by atoms with Gasteiger partial charge in [-0.2, -0.15) is 0 Å². The van der Waals surface area contributed by atoms with Crippen LogP contribution in [0.3, 0.4) is 0 Å². The fourth-order valence-electron chi connectivity index (χ4n) is 3.88. The minimum absolute atomic E-state index is 0.516. The van der Waals surface area contributed by atoms with Gasteiger partial charge in [0, 0.05) is 47.9 Å². The summed E-state index contributed by atoms with van der Waals surface area (Å²) in [6.45, 7) is 3.05. The number of aromatic nitrogens is 2. The van der Waals surface area contributed by atoms with Crippen LogP contribution in [0.2, 0.25) is 0 Å². The molecule has 0 unspecified atom stereocenters. The lowest BCUT2D eigenvalue weighted by Crippen LogP contribution is -2.34. The third kappa shape index (κ3) is 3.40. The van der Waals surface area contributed by atoms with Crippen molar-refractivity contribution >= 4 is 11.0 Å². The average Bonchev–Trinajstić information content (AvgIpc) is 3.13. The van der Waals surface area contributed by atoms with Crippen LogP contribution in [0, 0.1) is 0 Å². The number of hydrogen-bond acceptors (Lipinski definition) is 4. The highest BCUT2D eigenvalue weighted by atomic mass is 16.5. The molecule has 0 bridgehead atoms. The average molecular weight is 351 g/mol. The predicted octanol–water partition coefficient (Wildman–Crippen LogP) is 3.96. The minimum atomic E-state index is 0.516. The van der Waals surface area contributed by atoms with Crippen molar-refractivity contribution in [1.29, 1.82) is 0 Å². The highest BCUT2D eigenvalue weighted by molar-refractivity contribution is 5.76. The van der Waals surface area contributed by atoms with Crippen LogP contribution < -0.4 is 9.47 Å². The lowest BCUT2D eigenvalue weighted by atomic mass is 9.94. The van der Waals surface area contributed by atoms with Gasteiger partial charge in [-0.05, 0) is 43.7 Å². The molecule has 1 fully saturated rings. The van der Waals surface area contributed by atoms with Crippen molar-refractivity contribution in [3.05, 3.63) is 53.9 Å². The van der Waals surface area contributed by atoms with Gasteiger partial charge in [0.25, 0.3) is 0 Å².